The number of rotatable bonds is 8. The fourth-order valence-corrected chi connectivity index (χ4v) is 3.47. The number of carbonyl (C=O) groups excluding carboxylic acids is 1. The summed E-state index contributed by atoms with van der Waals surface area (Å²) in [5, 5.41) is 9.44. The summed E-state index contributed by atoms with van der Waals surface area (Å²) in [6.45, 7) is 0. The van der Waals surface area contributed by atoms with Gasteiger partial charge in [-0.3, -0.25) is 4.79 Å². The molecular weight excluding hydrogens is 579 g/mol. The topological polar surface area (TPSA) is 96.1 Å². The molecule has 1 saturated carbocycles. The highest BCUT2D eigenvalue weighted by Gasteiger charge is 2.53. The van der Waals surface area contributed by atoms with Crippen LogP contribution in [0.1, 0.15) is 28.8 Å². The lowest BCUT2D eigenvalue weighted by atomic mass is 10.1. The first-order valence-electron chi connectivity index (χ1n) is 10.6. The minimum Gasteiger partial charge on any atom is -0.408 e. The second-order valence-corrected chi connectivity index (χ2v) is 8.51. The van der Waals surface area contributed by atoms with Gasteiger partial charge < -0.3 is 10.1 Å². The van der Waals surface area contributed by atoms with Crippen molar-refractivity contribution in [2.75, 3.05) is 0 Å². The zero-order valence-electron chi connectivity index (χ0n) is 19.1. The number of nitrogens with one attached hydrogen (secondary N) is 1. The van der Waals surface area contributed by atoms with Gasteiger partial charge in [0.05, 0.1) is 11.8 Å². The van der Waals surface area contributed by atoms with Crippen molar-refractivity contribution in [3.63, 3.8) is 0 Å². The van der Waals surface area contributed by atoms with E-state index < -0.39 is 48.2 Å². The van der Waals surface area contributed by atoms with Gasteiger partial charge in [0.25, 0.3) is 11.8 Å². The van der Waals surface area contributed by atoms with Crippen molar-refractivity contribution in [1.29, 1.82) is 0 Å². The number of hydrogen-bond acceptors (Lipinski definition) is 6. The quantitative estimate of drug-likeness (QED) is 0.291. The van der Waals surface area contributed by atoms with Crippen LogP contribution in [0.15, 0.2) is 24.7 Å². The molecule has 3 aromatic rings. The Labute approximate surface area is 216 Å². The molecule has 3 heterocycles. The standard InChI is InChI=1S/C20H14ClF9N6O3/c1-35-16(12(18(23,24)25)15(34-35)38-19(26,27)17(22)39-20(28,29)30)36-7-9(6-32-36)8-4-11(13(21)31-5-8)14(37)33-10-2-3-10/h4-7,10,17H,2-3H2,1H3,(H,33,37). The van der Waals surface area contributed by atoms with Gasteiger partial charge in [-0.15, -0.1) is 18.3 Å². The van der Waals surface area contributed by atoms with Crippen molar-refractivity contribution < 1.29 is 53.8 Å². The van der Waals surface area contributed by atoms with Gasteiger partial charge in [-0.05, 0) is 18.9 Å². The van der Waals surface area contributed by atoms with E-state index in [2.05, 4.69) is 30.0 Å². The van der Waals surface area contributed by atoms with Crippen LogP contribution in [0.2, 0.25) is 5.15 Å². The number of alkyl halides is 9. The maximum Gasteiger partial charge on any atom is 0.525 e. The summed E-state index contributed by atoms with van der Waals surface area (Å²) in [4.78, 5) is 16.3. The molecule has 212 valence electrons. The SMILES string of the molecule is Cn1nc(OC(F)(F)C(F)OC(F)(F)F)c(C(F)(F)F)c1-n1cc(-c2cnc(Cl)c(C(=O)NC3CC3)c2)cn1. The van der Waals surface area contributed by atoms with Crippen molar-refractivity contribution in [1.82, 2.24) is 29.9 Å². The number of amides is 1. The molecule has 1 unspecified atom stereocenters. The van der Waals surface area contributed by atoms with Gasteiger partial charge in [0.2, 0.25) is 0 Å². The van der Waals surface area contributed by atoms with Crippen LogP contribution in [-0.2, 0) is 18.0 Å². The second-order valence-electron chi connectivity index (χ2n) is 8.15. The highest BCUT2D eigenvalue weighted by atomic mass is 35.5. The number of hydrogen-bond donors (Lipinski definition) is 1. The number of pyridine rings is 1. The molecule has 0 bridgehead atoms. The molecule has 39 heavy (non-hydrogen) atoms. The third kappa shape index (κ3) is 6.38. The van der Waals surface area contributed by atoms with Crippen LogP contribution in [0.5, 0.6) is 5.88 Å². The minimum atomic E-state index is -5.88. The van der Waals surface area contributed by atoms with E-state index in [-0.39, 0.29) is 27.9 Å². The second kappa shape index (κ2) is 9.89. The molecule has 0 radical (unpaired) electrons. The van der Waals surface area contributed by atoms with Crippen molar-refractivity contribution >= 4 is 17.5 Å². The van der Waals surface area contributed by atoms with Gasteiger partial charge in [-0.2, -0.15) is 27.1 Å². The summed E-state index contributed by atoms with van der Waals surface area (Å²) in [7, 11) is 0.861. The van der Waals surface area contributed by atoms with Gasteiger partial charge in [-0.25, -0.2) is 23.5 Å². The molecule has 0 saturated heterocycles. The molecule has 1 atom stereocenters. The smallest absolute Gasteiger partial charge is 0.408 e. The first kappa shape index (κ1) is 28.5. The Balaban J connectivity index is 1.69. The van der Waals surface area contributed by atoms with Crippen molar-refractivity contribution in [3.05, 3.63) is 40.9 Å². The average molecular weight is 593 g/mol. The van der Waals surface area contributed by atoms with E-state index >= 15 is 0 Å². The number of ether oxygens (including phenoxy) is 2. The van der Waals surface area contributed by atoms with Gasteiger partial charge >= 0.3 is 25.0 Å². The van der Waals surface area contributed by atoms with Crippen LogP contribution < -0.4 is 10.1 Å². The van der Waals surface area contributed by atoms with E-state index in [1.165, 1.54) is 12.3 Å². The monoisotopic (exact) mass is 592 g/mol. The van der Waals surface area contributed by atoms with Crippen LogP contribution in [0.25, 0.3) is 16.9 Å². The Bertz CT molecular complexity index is 1380. The molecule has 3 aromatic heterocycles. The molecule has 1 aliphatic rings. The van der Waals surface area contributed by atoms with Crippen LogP contribution in [0.4, 0.5) is 39.5 Å². The van der Waals surface area contributed by atoms with Crippen LogP contribution in [0, 0.1) is 0 Å². The summed E-state index contributed by atoms with van der Waals surface area (Å²) in [5.74, 6) is -3.48. The number of aryl methyl sites for hydroxylation is 1. The van der Waals surface area contributed by atoms with Crippen molar-refractivity contribution in [3.8, 4) is 22.8 Å². The zero-order chi connectivity index (χ0) is 28.9. The third-order valence-corrected chi connectivity index (χ3v) is 5.43. The molecule has 0 spiro atoms. The van der Waals surface area contributed by atoms with Crippen LogP contribution >= 0.6 is 11.6 Å². The maximum absolute atomic E-state index is 13.9. The molecule has 1 fully saturated rings. The maximum atomic E-state index is 13.9. The van der Waals surface area contributed by atoms with E-state index in [4.69, 9.17) is 11.6 Å². The molecule has 1 aliphatic carbocycles. The summed E-state index contributed by atoms with van der Waals surface area (Å²) < 4.78 is 126. The van der Waals surface area contributed by atoms with Gasteiger partial charge in [0, 0.05) is 36.6 Å². The number of nitrogens with zero attached hydrogens (tertiary/aromatic N) is 5. The number of carbonyl (C=O) groups is 1. The van der Waals surface area contributed by atoms with Gasteiger partial charge in [0.15, 0.2) is 11.4 Å². The molecule has 1 N–H and O–H groups in total. The Morgan fingerprint density at radius 2 is 1.79 bits per heavy atom. The van der Waals surface area contributed by atoms with Gasteiger partial charge in [-0.1, -0.05) is 11.6 Å². The predicted octanol–water partition coefficient (Wildman–Crippen LogP) is 5.04. The summed E-state index contributed by atoms with van der Waals surface area (Å²) >= 11 is 5.99. The molecule has 0 aliphatic heterocycles. The van der Waals surface area contributed by atoms with Gasteiger partial charge in [0.1, 0.15) is 5.15 Å². The lowest BCUT2D eigenvalue weighted by Gasteiger charge is -2.21. The third-order valence-electron chi connectivity index (χ3n) is 5.13. The Morgan fingerprint density at radius 3 is 2.38 bits per heavy atom. The van der Waals surface area contributed by atoms with Crippen LogP contribution in [-0.4, -0.2) is 55.3 Å². The van der Waals surface area contributed by atoms with Crippen LogP contribution in [0.3, 0.4) is 0 Å². The largest absolute Gasteiger partial charge is 0.525 e. The fraction of sp³-hybridized carbons (Fsp3) is 0.400. The molecule has 1 amide bonds. The molecule has 0 aromatic carbocycles. The van der Waals surface area contributed by atoms with E-state index in [9.17, 15) is 44.3 Å². The highest BCUT2D eigenvalue weighted by molar-refractivity contribution is 6.32. The summed E-state index contributed by atoms with van der Waals surface area (Å²) in [6.07, 6.45) is -16.6. The molecule has 4 rings (SSSR count). The molecule has 9 nitrogen and oxygen atoms in total. The Hall–Kier alpha value is -3.54. The van der Waals surface area contributed by atoms with E-state index in [0.717, 1.165) is 32.3 Å². The number of aromatic nitrogens is 5. The Kier molecular flexibility index (Phi) is 7.22. The highest BCUT2D eigenvalue weighted by Crippen LogP contribution is 2.43. The number of halogens is 10. The molecule has 19 heteroatoms. The zero-order valence-corrected chi connectivity index (χ0v) is 19.9. The minimum absolute atomic E-state index is 0.0119. The summed E-state index contributed by atoms with van der Waals surface area (Å²) in [5.41, 5.74) is -1.73. The van der Waals surface area contributed by atoms with E-state index in [0.29, 0.717) is 9.36 Å². The normalized spacial score (nSPS) is 15.4. The first-order chi connectivity index (χ1) is 18.0. The average Bonchev–Trinajstić information content (AvgIpc) is 3.35. The predicted molar refractivity (Wildman–Crippen MR) is 112 cm³/mol. The van der Waals surface area contributed by atoms with E-state index in [1.807, 2.05) is 0 Å². The lowest BCUT2D eigenvalue weighted by molar-refractivity contribution is -0.411. The first-order valence-corrected chi connectivity index (χ1v) is 11.0. The Morgan fingerprint density at radius 1 is 1.13 bits per heavy atom. The lowest BCUT2D eigenvalue weighted by Crippen LogP contribution is -2.41. The van der Waals surface area contributed by atoms with Crippen molar-refractivity contribution in [2.24, 2.45) is 7.05 Å². The fourth-order valence-electron chi connectivity index (χ4n) is 3.28. The molecular formula is C20H14ClF9N6O3. The summed E-state index contributed by atoms with van der Waals surface area (Å²) in [6, 6.07) is 1.29. The van der Waals surface area contributed by atoms with E-state index in [1.54, 1.807) is 0 Å². The van der Waals surface area contributed by atoms with Crippen molar-refractivity contribution in [2.45, 2.75) is 43.9 Å².